The highest BCUT2D eigenvalue weighted by Gasteiger charge is 2.44. The van der Waals surface area contributed by atoms with Crippen molar-refractivity contribution in [2.24, 2.45) is 0 Å². The molecule has 0 amide bonds. The summed E-state index contributed by atoms with van der Waals surface area (Å²) in [6, 6.07) is 12.9. The quantitative estimate of drug-likeness (QED) is 0.660. The molecule has 0 N–H and O–H groups in total. The number of rotatable bonds is 5. The van der Waals surface area contributed by atoms with E-state index in [-0.39, 0.29) is 22.7 Å². The number of methoxy groups -OCH3 is 2. The lowest BCUT2D eigenvalue weighted by Gasteiger charge is -2.32. The molecule has 164 valence electrons. The third kappa shape index (κ3) is 3.60. The molecule has 2 heterocycles. The van der Waals surface area contributed by atoms with Crippen molar-refractivity contribution in [3.05, 3.63) is 82.3 Å². The molecule has 32 heavy (non-hydrogen) atoms. The molecule has 0 aromatic heterocycles. The van der Waals surface area contributed by atoms with Crippen molar-refractivity contribution in [2.45, 2.75) is 19.6 Å². The summed E-state index contributed by atoms with van der Waals surface area (Å²) in [5.74, 6) is -1.75. The number of fused-ring (bicyclic) bond motifs is 2. The van der Waals surface area contributed by atoms with Gasteiger partial charge in [-0.15, -0.1) is 0 Å². The molecule has 0 spiro atoms. The van der Waals surface area contributed by atoms with Gasteiger partial charge in [0.2, 0.25) is 5.76 Å². The zero-order valence-corrected chi connectivity index (χ0v) is 17.7. The monoisotopic (exact) mass is 436 g/mol. The van der Waals surface area contributed by atoms with Crippen LogP contribution in [0.5, 0.6) is 11.5 Å². The number of benzene rings is 2. The summed E-state index contributed by atoms with van der Waals surface area (Å²) in [5.41, 5.74) is 1.69. The Morgan fingerprint density at radius 3 is 2.41 bits per heavy atom. The smallest absolute Gasteiger partial charge is 0.374 e. The summed E-state index contributed by atoms with van der Waals surface area (Å²) in [5, 5.41) is 0. The van der Waals surface area contributed by atoms with E-state index in [0.717, 1.165) is 26.0 Å². The largest absolute Gasteiger partial charge is 0.488 e. The van der Waals surface area contributed by atoms with Crippen LogP contribution in [0.15, 0.2) is 65.6 Å². The molecule has 2 aromatic rings. The Bertz CT molecular complexity index is 1160. The lowest BCUT2D eigenvalue weighted by molar-refractivity contribution is -0.142. The van der Waals surface area contributed by atoms with E-state index in [1.807, 2.05) is 30.3 Å². The predicted molar refractivity (Wildman–Crippen MR) is 111 cm³/mol. The van der Waals surface area contributed by atoms with Crippen molar-refractivity contribution in [1.82, 2.24) is 0 Å². The van der Waals surface area contributed by atoms with Gasteiger partial charge in [0.05, 0.1) is 25.4 Å². The Balaban J connectivity index is 1.72. The standard InChI is InChI=1S/C24H20O8/c1-13-17(30-11-14-7-5-4-6-8-14)10-9-15-19(25)16-12-31-22(24(27)29-3)18(23(26)28-2)21(16)32-20(13)15/h4-10,12,21H,11H2,1-3H3. The van der Waals surface area contributed by atoms with Crippen molar-refractivity contribution in [3.8, 4) is 11.5 Å². The molecular formula is C24H20O8. The molecule has 2 aliphatic heterocycles. The van der Waals surface area contributed by atoms with E-state index in [0.29, 0.717) is 23.5 Å². The van der Waals surface area contributed by atoms with Crippen LogP contribution in [0, 0.1) is 6.92 Å². The van der Waals surface area contributed by atoms with E-state index in [2.05, 4.69) is 4.74 Å². The van der Waals surface area contributed by atoms with Crippen LogP contribution in [-0.2, 0) is 30.4 Å². The number of ketones is 1. The number of esters is 2. The molecule has 0 radical (unpaired) electrons. The second-order valence-corrected chi connectivity index (χ2v) is 7.08. The normalized spacial score (nSPS) is 16.7. The van der Waals surface area contributed by atoms with Gasteiger partial charge in [-0.25, -0.2) is 9.59 Å². The fraction of sp³-hybridized carbons (Fsp3) is 0.208. The van der Waals surface area contributed by atoms with Crippen molar-refractivity contribution in [1.29, 1.82) is 0 Å². The van der Waals surface area contributed by atoms with Crippen molar-refractivity contribution < 1.29 is 38.1 Å². The molecule has 2 aliphatic rings. The van der Waals surface area contributed by atoms with Crippen LogP contribution in [-0.4, -0.2) is 38.0 Å². The molecule has 0 fully saturated rings. The third-order valence-corrected chi connectivity index (χ3v) is 5.20. The highest BCUT2D eigenvalue weighted by molar-refractivity contribution is 6.15. The first-order chi connectivity index (χ1) is 15.5. The van der Waals surface area contributed by atoms with Gasteiger partial charge in [0.25, 0.3) is 0 Å². The number of Topliss-reactive ketones (excluding diaryl/α,β-unsaturated/α-hetero) is 1. The number of carbonyl (C=O) groups is 3. The third-order valence-electron chi connectivity index (χ3n) is 5.20. The van der Waals surface area contributed by atoms with Gasteiger partial charge in [-0.1, -0.05) is 30.3 Å². The van der Waals surface area contributed by atoms with E-state index in [9.17, 15) is 14.4 Å². The van der Waals surface area contributed by atoms with Crippen LogP contribution in [0.1, 0.15) is 21.5 Å². The summed E-state index contributed by atoms with van der Waals surface area (Å²) < 4.78 is 26.8. The number of ether oxygens (including phenoxy) is 5. The Kier molecular flexibility index (Phi) is 5.68. The highest BCUT2D eigenvalue weighted by atomic mass is 16.6. The molecule has 1 unspecified atom stereocenters. The first kappa shape index (κ1) is 21.2. The van der Waals surface area contributed by atoms with E-state index in [1.165, 1.54) is 0 Å². The second-order valence-electron chi connectivity index (χ2n) is 7.08. The van der Waals surface area contributed by atoms with Crippen LogP contribution < -0.4 is 9.47 Å². The van der Waals surface area contributed by atoms with E-state index in [4.69, 9.17) is 18.9 Å². The maximum absolute atomic E-state index is 13.1. The highest BCUT2D eigenvalue weighted by Crippen LogP contribution is 2.42. The lowest BCUT2D eigenvalue weighted by atomic mass is 9.88. The van der Waals surface area contributed by atoms with Gasteiger partial charge < -0.3 is 23.7 Å². The second kappa shape index (κ2) is 8.58. The van der Waals surface area contributed by atoms with Crippen LogP contribution in [0.25, 0.3) is 0 Å². The summed E-state index contributed by atoms with van der Waals surface area (Å²) in [7, 11) is 2.30. The number of carbonyl (C=O) groups excluding carboxylic acids is 3. The van der Waals surface area contributed by atoms with Crippen molar-refractivity contribution in [3.63, 3.8) is 0 Å². The summed E-state index contributed by atoms with van der Waals surface area (Å²) in [4.78, 5) is 37.7. The van der Waals surface area contributed by atoms with Gasteiger partial charge >= 0.3 is 11.9 Å². The summed E-state index contributed by atoms with van der Waals surface area (Å²) in [6.45, 7) is 2.08. The predicted octanol–water partition coefficient (Wildman–Crippen LogP) is 3.03. The Labute approximate surface area is 184 Å². The van der Waals surface area contributed by atoms with Crippen LogP contribution in [0.4, 0.5) is 0 Å². The maximum Gasteiger partial charge on any atom is 0.374 e. The van der Waals surface area contributed by atoms with Gasteiger partial charge in [-0.05, 0) is 24.6 Å². The van der Waals surface area contributed by atoms with Gasteiger partial charge in [-0.2, -0.15) is 0 Å². The van der Waals surface area contributed by atoms with E-state index >= 15 is 0 Å². The van der Waals surface area contributed by atoms with Crippen LogP contribution in [0.2, 0.25) is 0 Å². The molecule has 1 atom stereocenters. The van der Waals surface area contributed by atoms with E-state index < -0.39 is 23.8 Å². The first-order valence-electron chi connectivity index (χ1n) is 9.75. The SMILES string of the molecule is COC(=O)C1=C(C(=O)OC)C2Oc3c(ccc(OCc4ccccc4)c3C)C(=O)C2=CO1. The molecule has 0 aliphatic carbocycles. The fourth-order valence-electron chi connectivity index (χ4n) is 3.55. The van der Waals surface area contributed by atoms with Crippen molar-refractivity contribution in [2.75, 3.05) is 14.2 Å². The van der Waals surface area contributed by atoms with Gasteiger partial charge in [0.15, 0.2) is 11.9 Å². The Hall–Kier alpha value is -4.07. The fourth-order valence-corrected chi connectivity index (χ4v) is 3.55. The maximum atomic E-state index is 13.1. The Morgan fingerprint density at radius 1 is 1.00 bits per heavy atom. The van der Waals surface area contributed by atoms with E-state index in [1.54, 1.807) is 19.1 Å². The number of hydrogen-bond donors (Lipinski definition) is 0. The average Bonchev–Trinajstić information content (AvgIpc) is 2.83. The average molecular weight is 436 g/mol. The number of hydrogen-bond acceptors (Lipinski definition) is 8. The van der Waals surface area contributed by atoms with Gasteiger partial charge in [0.1, 0.15) is 29.9 Å². The zero-order valence-electron chi connectivity index (χ0n) is 17.7. The molecule has 0 saturated carbocycles. The van der Waals surface area contributed by atoms with Gasteiger partial charge in [-0.3, -0.25) is 4.79 Å². The minimum atomic E-state index is -1.19. The molecule has 2 aromatic carbocycles. The molecule has 8 nitrogen and oxygen atoms in total. The molecule has 4 rings (SSSR count). The molecule has 8 heteroatoms. The van der Waals surface area contributed by atoms with Crippen molar-refractivity contribution >= 4 is 17.7 Å². The van der Waals surface area contributed by atoms with Gasteiger partial charge in [0, 0.05) is 5.56 Å². The topological polar surface area (TPSA) is 97.4 Å². The minimum Gasteiger partial charge on any atom is -0.488 e. The minimum absolute atomic E-state index is 0.0721. The Morgan fingerprint density at radius 2 is 1.72 bits per heavy atom. The summed E-state index contributed by atoms with van der Waals surface area (Å²) >= 11 is 0. The lowest BCUT2D eigenvalue weighted by Crippen LogP contribution is -2.39. The van der Waals surface area contributed by atoms with Crippen LogP contribution in [0.3, 0.4) is 0 Å². The zero-order chi connectivity index (χ0) is 22.8. The summed E-state index contributed by atoms with van der Waals surface area (Å²) in [6.07, 6.45) is -0.0857. The molecule has 0 bridgehead atoms. The van der Waals surface area contributed by atoms with Crippen LogP contribution >= 0.6 is 0 Å². The molecule has 0 saturated heterocycles. The first-order valence-corrected chi connectivity index (χ1v) is 9.75. The molecular weight excluding hydrogens is 416 g/mol.